The van der Waals surface area contributed by atoms with Crippen LogP contribution in [0.2, 0.25) is 0 Å². The molecule has 0 aliphatic carbocycles. The molecule has 0 radical (unpaired) electrons. The summed E-state index contributed by atoms with van der Waals surface area (Å²) in [6, 6.07) is 2.03. The SMILES string of the molecule is Cn1ccc2nc(C3CCCNC3)cnc21. The van der Waals surface area contributed by atoms with Crippen molar-refractivity contribution in [2.75, 3.05) is 13.1 Å². The van der Waals surface area contributed by atoms with E-state index >= 15 is 0 Å². The van der Waals surface area contributed by atoms with E-state index in [0.29, 0.717) is 5.92 Å². The predicted octanol–water partition coefficient (Wildman–Crippen LogP) is 1.44. The van der Waals surface area contributed by atoms with Gasteiger partial charge in [0.05, 0.1) is 11.9 Å². The Balaban J connectivity index is 1.97. The van der Waals surface area contributed by atoms with Crippen LogP contribution in [0.1, 0.15) is 24.5 Å². The number of hydrogen-bond acceptors (Lipinski definition) is 3. The first-order chi connectivity index (χ1) is 7.84. The molecule has 0 amide bonds. The van der Waals surface area contributed by atoms with Crippen LogP contribution in [-0.4, -0.2) is 27.6 Å². The molecule has 2 aromatic heterocycles. The van der Waals surface area contributed by atoms with Gasteiger partial charge >= 0.3 is 0 Å². The van der Waals surface area contributed by atoms with Crippen molar-refractivity contribution >= 4 is 11.2 Å². The van der Waals surface area contributed by atoms with Crippen molar-refractivity contribution in [3.8, 4) is 0 Å². The molecule has 16 heavy (non-hydrogen) atoms. The molecular weight excluding hydrogens is 200 g/mol. The smallest absolute Gasteiger partial charge is 0.158 e. The van der Waals surface area contributed by atoms with E-state index in [1.165, 1.54) is 12.8 Å². The summed E-state index contributed by atoms with van der Waals surface area (Å²) < 4.78 is 2.01. The molecule has 0 spiro atoms. The molecule has 1 aliphatic heterocycles. The third-order valence-electron chi connectivity index (χ3n) is 3.30. The summed E-state index contributed by atoms with van der Waals surface area (Å²) in [6.07, 6.45) is 6.40. The van der Waals surface area contributed by atoms with Crippen LogP contribution in [0.15, 0.2) is 18.5 Å². The Labute approximate surface area is 94.7 Å². The average molecular weight is 216 g/mol. The van der Waals surface area contributed by atoms with Crippen LogP contribution in [0, 0.1) is 0 Å². The maximum absolute atomic E-state index is 4.70. The van der Waals surface area contributed by atoms with Gasteiger partial charge in [-0.1, -0.05) is 0 Å². The number of aromatic nitrogens is 3. The highest BCUT2D eigenvalue weighted by atomic mass is 15.0. The highest BCUT2D eigenvalue weighted by molar-refractivity contribution is 5.71. The van der Waals surface area contributed by atoms with Crippen LogP contribution in [0.4, 0.5) is 0 Å². The Morgan fingerprint density at radius 3 is 3.25 bits per heavy atom. The molecule has 84 valence electrons. The summed E-state index contributed by atoms with van der Waals surface area (Å²) in [5.41, 5.74) is 3.10. The molecule has 0 aromatic carbocycles. The Morgan fingerprint density at radius 1 is 1.50 bits per heavy atom. The number of nitrogens with zero attached hydrogens (tertiary/aromatic N) is 3. The van der Waals surface area contributed by atoms with E-state index in [-0.39, 0.29) is 0 Å². The first-order valence-corrected chi connectivity index (χ1v) is 5.83. The minimum atomic E-state index is 0.533. The molecule has 0 saturated carbocycles. The zero-order valence-electron chi connectivity index (χ0n) is 9.48. The van der Waals surface area contributed by atoms with E-state index in [1.807, 2.05) is 30.1 Å². The van der Waals surface area contributed by atoms with Gasteiger partial charge in [0.1, 0.15) is 5.52 Å². The molecule has 1 N–H and O–H groups in total. The van der Waals surface area contributed by atoms with E-state index in [4.69, 9.17) is 4.98 Å². The average Bonchev–Trinajstić information content (AvgIpc) is 2.72. The maximum atomic E-state index is 4.70. The van der Waals surface area contributed by atoms with E-state index in [9.17, 15) is 0 Å². The first kappa shape index (κ1) is 9.78. The molecule has 1 aliphatic rings. The zero-order valence-corrected chi connectivity index (χ0v) is 9.48. The van der Waals surface area contributed by atoms with Crippen molar-refractivity contribution in [1.29, 1.82) is 0 Å². The van der Waals surface area contributed by atoms with Crippen LogP contribution in [0.3, 0.4) is 0 Å². The van der Waals surface area contributed by atoms with E-state index < -0.39 is 0 Å². The second-order valence-corrected chi connectivity index (χ2v) is 4.47. The summed E-state index contributed by atoms with van der Waals surface area (Å²) in [5.74, 6) is 0.533. The molecule has 1 atom stereocenters. The molecule has 1 fully saturated rings. The second-order valence-electron chi connectivity index (χ2n) is 4.47. The summed E-state index contributed by atoms with van der Waals surface area (Å²) >= 11 is 0. The van der Waals surface area contributed by atoms with Gasteiger partial charge in [0.25, 0.3) is 0 Å². The number of hydrogen-bond donors (Lipinski definition) is 1. The molecule has 4 nitrogen and oxygen atoms in total. The third-order valence-corrected chi connectivity index (χ3v) is 3.30. The lowest BCUT2D eigenvalue weighted by molar-refractivity contribution is 0.454. The van der Waals surface area contributed by atoms with Gasteiger partial charge in [0.15, 0.2) is 5.65 Å². The maximum Gasteiger partial charge on any atom is 0.158 e. The molecule has 4 heteroatoms. The van der Waals surface area contributed by atoms with Gasteiger partial charge in [-0.3, -0.25) is 0 Å². The number of fused-ring (bicyclic) bond motifs is 1. The standard InChI is InChI=1S/C12H16N4/c1-16-6-4-10-12(16)14-8-11(15-10)9-3-2-5-13-7-9/h4,6,8-9,13H,2-3,5,7H2,1H3. The van der Waals surface area contributed by atoms with Crippen molar-refractivity contribution in [2.24, 2.45) is 7.05 Å². The molecule has 2 aromatic rings. The number of piperidine rings is 1. The first-order valence-electron chi connectivity index (χ1n) is 5.83. The fourth-order valence-electron chi connectivity index (χ4n) is 2.35. The van der Waals surface area contributed by atoms with Crippen molar-refractivity contribution in [2.45, 2.75) is 18.8 Å². The van der Waals surface area contributed by atoms with Crippen LogP contribution >= 0.6 is 0 Å². The fraction of sp³-hybridized carbons (Fsp3) is 0.500. The number of rotatable bonds is 1. The van der Waals surface area contributed by atoms with Gasteiger partial charge in [-0.05, 0) is 25.5 Å². The second kappa shape index (κ2) is 3.87. The third kappa shape index (κ3) is 1.59. The highest BCUT2D eigenvalue weighted by Crippen LogP contribution is 2.22. The number of nitrogens with one attached hydrogen (secondary N) is 1. The topological polar surface area (TPSA) is 42.7 Å². The van der Waals surface area contributed by atoms with Crippen molar-refractivity contribution in [1.82, 2.24) is 19.9 Å². The lowest BCUT2D eigenvalue weighted by Gasteiger charge is -2.21. The normalized spacial score (nSPS) is 21.4. The Morgan fingerprint density at radius 2 is 2.44 bits per heavy atom. The largest absolute Gasteiger partial charge is 0.334 e. The summed E-state index contributed by atoms with van der Waals surface area (Å²) in [5, 5.41) is 3.41. The molecule has 3 heterocycles. The summed E-state index contributed by atoms with van der Waals surface area (Å²) in [7, 11) is 2.00. The van der Waals surface area contributed by atoms with Gasteiger partial charge in [0, 0.05) is 25.7 Å². The fourth-order valence-corrected chi connectivity index (χ4v) is 2.35. The minimum Gasteiger partial charge on any atom is -0.334 e. The van der Waals surface area contributed by atoms with Crippen LogP contribution < -0.4 is 5.32 Å². The molecule has 1 saturated heterocycles. The van der Waals surface area contributed by atoms with Gasteiger partial charge in [-0.15, -0.1) is 0 Å². The molecule has 3 rings (SSSR count). The molecule has 0 bridgehead atoms. The molecular formula is C12H16N4. The van der Waals surface area contributed by atoms with Crippen LogP contribution in [0.5, 0.6) is 0 Å². The Bertz CT molecular complexity index is 497. The van der Waals surface area contributed by atoms with Crippen LogP contribution in [-0.2, 0) is 7.05 Å². The van der Waals surface area contributed by atoms with Gasteiger partial charge in [-0.25, -0.2) is 9.97 Å². The Hall–Kier alpha value is -1.42. The lowest BCUT2D eigenvalue weighted by atomic mass is 9.96. The van der Waals surface area contributed by atoms with E-state index in [1.54, 1.807) is 0 Å². The number of aryl methyl sites for hydroxylation is 1. The summed E-state index contributed by atoms with van der Waals surface area (Å²) in [4.78, 5) is 9.18. The van der Waals surface area contributed by atoms with Crippen molar-refractivity contribution in [3.63, 3.8) is 0 Å². The lowest BCUT2D eigenvalue weighted by Crippen LogP contribution is -2.28. The van der Waals surface area contributed by atoms with Gasteiger partial charge < -0.3 is 9.88 Å². The van der Waals surface area contributed by atoms with Crippen LogP contribution in [0.25, 0.3) is 11.2 Å². The highest BCUT2D eigenvalue weighted by Gasteiger charge is 2.17. The van der Waals surface area contributed by atoms with Crippen molar-refractivity contribution < 1.29 is 0 Å². The van der Waals surface area contributed by atoms with Crippen molar-refractivity contribution in [3.05, 3.63) is 24.2 Å². The van der Waals surface area contributed by atoms with Gasteiger partial charge in [0.2, 0.25) is 0 Å². The van der Waals surface area contributed by atoms with E-state index in [0.717, 1.165) is 29.9 Å². The molecule has 1 unspecified atom stereocenters. The predicted molar refractivity (Wildman–Crippen MR) is 63.4 cm³/mol. The summed E-state index contributed by atoms with van der Waals surface area (Å²) in [6.45, 7) is 2.17. The monoisotopic (exact) mass is 216 g/mol. The zero-order chi connectivity index (χ0) is 11.0. The minimum absolute atomic E-state index is 0.533. The Kier molecular flexibility index (Phi) is 2.36. The quantitative estimate of drug-likeness (QED) is 0.784. The van der Waals surface area contributed by atoms with E-state index in [2.05, 4.69) is 10.3 Å². The van der Waals surface area contributed by atoms with Gasteiger partial charge in [-0.2, -0.15) is 0 Å².